The van der Waals surface area contributed by atoms with Crippen LogP contribution in [-0.2, 0) is 4.79 Å². The summed E-state index contributed by atoms with van der Waals surface area (Å²) in [5.74, 6) is 1.15. The Balaban J connectivity index is 2.00. The fourth-order valence-electron chi connectivity index (χ4n) is 1.17. The largest absolute Gasteiger partial charge is 0.354 e. The highest BCUT2D eigenvalue weighted by atomic mass is 32.2. The zero-order chi connectivity index (χ0) is 10.6. The maximum absolute atomic E-state index is 11.4. The second-order valence-electron chi connectivity index (χ2n) is 4.55. The van der Waals surface area contributed by atoms with Gasteiger partial charge in [0.05, 0.1) is 6.04 Å². The Morgan fingerprint density at radius 1 is 1.57 bits per heavy atom. The first kappa shape index (κ1) is 11.9. The zero-order valence-electron chi connectivity index (χ0n) is 9.22. The van der Waals surface area contributed by atoms with E-state index in [2.05, 4.69) is 31.4 Å². The Morgan fingerprint density at radius 3 is 2.64 bits per heavy atom. The molecule has 4 heteroatoms. The molecule has 3 nitrogen and oxygen atoms in total. The fraction of sp³-hybridized carbons (Fsp3) is 0.900. The number of hydrogen-bond acceptors (Lipinski definition) is 3. The lowest BCUT2D eigenvalue weighted by Crippen LogP contribution is -2.53. The van der Waals surface area contributed by atoms with Gasteiger partial charge in [0.1, 0.15) is 0 Å². The van der Waals surface area contributed by atoms with E-state index >= 15 is 0 Å². The van der Waals surface area contributed by atoms with Crippen LogP contribution >= 0.6 is 11.8 Å². The number of amides is 1. The van der Waals surface area contributed by atoms with Gasteiger partial charge >= 0.3 is 0 Å². The Bertz CT molecular complexity index is 197. The molecule has 1 aliphatic heterocycles. The van der Waals surface area contributed by atoms with Gasteiger partial charge in [-0.1, -0.05) is 20.8 Å². The molecule has 82 valence electrons. The van der Waals surface area contributed by atoms with Crippen molar-refractivity contribution in [1.29, 1.82) is 0 Å². The predicted molar refractivity (Wildman–Crippen MR) is 61.6 cm³/mol. The van der Waals surface area contributed by atoms with Crippen LogP contribution in [-0.4, -0.2) is 35.5 Å². The molecule has 0 unspecified atom stereocenters. The minimum Gasteiger partial charge on any atom is -0.354 e. The molecular weight excluding hydrogens is 196 g/mol. The van der Waals surface area contributed by atoms with E-state index < -0.39 is 0 Å². The van der Waals surface area contributed by atoms with E-state index in [4.69, 9.17) is 0 Å². The molecule has 1 aliphatic rings. The van der Waals surface area contributed by atoms with Crippen LogP contribution in [0.25, 0.3) is 0 Å². The van der Waals surface area contributed by atoms with Crippen molar-refractivity contribution in [3.63, 3.8) is 0 Å². The van der Waals surface area contributed by atoms with Gasteiger partial charge in [-0.25, -0.2) is 0 Å². The van der Waals surface area contributed by atoms with E-state index in [1.54, 1.807) is 0 Å². The van der Waals surface area contributed by atoms with E-state index in [1.165, 1.54) is 0 Å². The van der Waals surface area contributed by atoms with Crippen LogP contribution in [0.3, 0.4) is 0 Å². The van der Waals surface area contributed by atoms with Crippen LogP contribution in [0.1, 0.15) is 27.2 Å². The number of carbonyl (C=O) groups is 1. The molecule has 1 heterocycles. The van der Waals surface area contributed by atoms with E-state index in [-0.39, 0.29) is 11.9 Å². The number of nitrogens with one attached hydrogen (secondary N) is 2. The molecule has 1 amide bonds. The summed E-state index contributed by atoms with van der Waals surface area (Å²) >= 11 is 1.88. The van der Waals surface area contributed by atoms with Crippen molar-refractivity contribution < 1.29 is 4.79 Å². The lowest BCUT2D eigenvalue weighted by atomic mass is 10.1. The third-order valence-corrected chi connectivity index (χ3v) is 3.35. The first-order valence-electron chi connectivity index (χ1n) is 5.14. The third-order valence-electron chi connectivity index (χ3n) is 2.08. The van der Waals surface area contributed by atoms with E-state index in [0.717, 1.165) is 25.3 Å². The Morgan fingerprint density at radius 2 is 2.21 bits per heavy atom. The SMILES string of the molecule is CC(C)(C)SCCNC(=O)[C@H]1CCN1. The molecule has 1 rings (SSSR count). The second-order valence-corrected chi connectivity index (χ2v) is 6.47. The Kier molecular flexibility index (Phi) is 4.26. The fourth-order valence-corrected chi connectivity index (χ4v) is 1.98. The topological polar surface area (TPSA) is 41.1 Å². The van der Waals surface area contributed by atoms with Crippen LogP contribution in [0.5, 0.6) is 0 Å². The number of hydrogen-bond donors (Lipinski definition) is 2. The van der Waals surface area contributed by atoms with Crippen LogP contribution in [0.2, 0.25) is 0 Å². The summed E-state index contributed by atoms with van der Waals surface area (Å²) in [7, 11) is 0. The molecule has 0 spiro atoms. The molecule has 0 saturated carbocycles. The first-order valence-corrected chi connectivity index (χ1v) is 6.13. The van der Waals surface area contributed by atoms with E-state index in [0.29, 0.717) is 4.75 Å². The van der Waals surface area contributed by atoms with Gasteiger partial charge < -0.3 is 10.6 Å². The van der Waals surface area contributed by atoms with Crippen LogP contribution in [0, 0.1) is 0 Å². The summed E-state index contributed by atoms with van der Waals surface area (Å²) in [5, 5.41) is 6.02. The van der Waals surface area contributed by atoms with Crippen molar-refractivity contribution >= 4 is 17.7 Å². The van der Waals surface area contributed by atoms with E-state index in [9.17, 15) is 4.79 Å². The summed E-state index contributed by atoms with van der Waals surface area (Å²) < 4.78 is 0.291. The van der Waals surface area contributed by atoms with Crippen molar-refractivity contribution in [2.75, 3.05) is 18.8 Å². The van der Waals surface area contributed by atoms with Gasteiger partial charge in [0.25, 0.3) is 0 Å². The van der Waals surface area contributed by atoms with Crippen LogP contribution in [0.4, 0.5) is 0 Å². The van der Waals surface area contributed by atoms with Crippen LogP contribution < -0.4 is 10.6 Å². The van der Waals surface area contributed by atoms with Crippen molar-refractivity contribution in [3.05, 3.63) is 0 Å². The van der Waals surface area contributed by atoms with Gasteiger partial charge in [0.2, 0.25) is 5.91 Å². The summed E-state index contributed by atoms with van der Waals surface area (Å²) in [6.07, 6.45) is 0.984. The average Bonchev–Trinajstić information content (AvgIpc) is 1.92. The maximum atomic E-state index is 11.4. The third kappa shape index (κ3) is 4.33. The van der Waals surface area contributed by atoms with Crippen molar-refractivity contribution in [2.45, 2.75) is 38.0 Å². The molecule has 0 aromatic rings. The van der Waals surface area contributed by atoms with Crippen LogP contribution in [0.15, 0.2) is 0 Å². The zero-order valence-corrected chi connectivity index (χ0v) is 10.0. The molecule has 2 N–H and O–H groups in total. The quantitative estimate of drug-likeness (QED) is 0.689. The highest BCUT2D eigenvalue weighted by Gasteiger charge is 2.23. The van der Waals surface area contributed by atoms with E-state index in [1.807, 2.05) is 11.8 Å². The standard InChI is InChI=1S/C10H20N2OS/c1-10(2,3)14-7-6-12-9(13)8-4-5-11-8/h8,11H,4-7H2,1-3H3,(H,12,13)/t8-/m1/s1. The highest BCUT2D eigenvalue weighted by molar-refractivity contribution is 8.00. The summed E-state index contributed by atoms with van der Waals surface area (Å²) in [6.45, 7) is 8.32. The molecule has 0 aromatic heterocycles. The normalized spacial score (nSPS) is 21.5. The van der Waals surface area contributed by atoms with Gasteiger partial charge in [0.15, 0.2) is 0 Å². The predicted octanol–water partition coefficient (Wildman–Crippen LogP) is 0.996. The molecule has 0 aromatic carbocycles. The molecule has 1 atom stereocenters. The monoisotopic (exact) mass is 216 g/mol. The second kappa shape index (κ2) is 5.03. The number of carbonyl (C=O) groups excluding carboxylic acids is 1. The van der Waals surface area contributed by atoms with Gasteiger partial charge in [-0.15, -0.1) is 0 Å². The molecule has 0 aliphatic carbocycles. The minimum absolute atomic E-state index is 0.0784. The van der Waals surface area contributed by atoms with Gasteiger partial charge in [0, 0.05) is 17.0 Å². The lowest BCUT2D eigenvalue weighted by molar-refractivity contribution is -0.124. The summed E-state index contributed by atoms with van der Waals surface area (Å²) in [4.78, 5) is 11.4. The summed E-state index contributed by atoms with van der Waals surface area (Å²) in [5.41, 5.74) is 0. The Labute approximate surface area is 90.4 Å². The molecule has 1 saturated heterocycles. The number of rotatable bonds is 4. The summed E-state index contributed by atoms with van der Waals surface area (Å²) in [6, 6.07) is 0.0784. The Hall–Kier alpha value is -0.220. The van der Waals surface area contributed by atoms with Gasteiger partial charge in [-0.2, -0.15) is 11.8 Å². The lowest BCUT2D eigenvalue weighted by Gasteiger charge is -2.26. The molecule has 0 bridgehead atoms. The van der Waals surface area contributed by atoms with Crippen molar-refractivity contribution in [2.24, 2.45) is 0 Å². The van der Waals surface area contributed by atoms with Gasteiger partial charge in [-0.3, -0.25) is 4.79 Å². The molecular formula is C10H20N2OS. The maximum Gasteiger partial charge on any atom is 0.237 e. The molecule has 0 radical (unpaired) electrons. The van der Waals surface area contributed by atoms with Gasteiger partial charge in [-0.05, 0) is 13.0 Å². The average molecular weight is 216 g/mol. The smallest absolute Gasteiger partial charge is 0.237 e. The molecule has 1 fully saturated rings. The molecule has 14 heavy (non-hydrogen) atoms. The number of thioether (sulfide) groups is 1. The first-order chi connectivity index (χ1) is 6.49. The minimum atomic E-state index is 0.0784. The van der Waals surface area contributed by atoms with Crippen molar-refractivity contribution in [3.8, 4) is 0 Å². The highest BCUT2D eigenvalue weighted by Crippen LogP contribution is 2.21. The van der Waals surface area contributed by atoms with Crippen molar-refractivity contribution in [1.82, 2.24) is 10.6 Å².